The van der Waals surface area contributed by atoms with E-state index in [4.69, 9.17) is 0 Å². The molecular weight excluding hydrogens is 282 g/mol. The number of hydrogen-bond donors (Lipinski definition) is 1. The molecule has 3 nitrogen and oxygen atoms in total. The van der Waals surface area contributed by atoms with Gasteiger partial charge >= 0.3 is 0 Å². The molecule has 0 saturated carbocycles. The highest BCUT2D eigenvalue weighted by atomic mass is 79.9. The zero-order valence-corrected chi connectivity index (χ0v) is 11.6. The SMILES string of the molecule is CC(C)C(=O)CNC(=O)Cc1ccc(Br)cc1. The second-order valence-electron chi connectivity index (χ2n) is 4.20. The van der Waals surface area contributed by atoms with Crippen molar-refractivity contribution in [2.45, 2.75) is 20.3 Å². The van der Waals surface area contributed by atoms with Gasteiger partial charge in [-0.2, -0.15) is 0 Å². The van der Waals surface area contributed by atoms with Crippen molar-refractivity contribution in [3.05, 3.63) is 34.3 Å². The number of halogens is 1. The van der Waals surface area contributed by atoms with Gasteiger partial charge in [-0.3, -0.25) is 9.59 Å². The Kier molecular flexibility index (Phi) is 5.35. The molecule has 0 aliphatic carbocycles. The first-order valence-corrected chi connectivity index (χ1v) is 6.32. The molecule has 0 atom stereocenters. The van der Waals surface area contributed by atoms with E-state index < -0.39 is 0 Å². The number of hydrogen-bond acceptors (Lipinski definition) is 2. The third-order valence-electron chi connectivity index (χ3n) is 2.38. The Morgan fingerprint density at radius 2 is 1.82 bits per heavy atom. The topological polar surface area (TPSA) is 46.2 Å². The second kappa shape index (κ2) is 6.55. The van der Waals surface area contributed by atoms with Crippen molar-refractivity contribution in [3.63, 3.8) is 0 Å². The maximum Gasteiger partial charge on any atom is 0.224 e. The van der Waals surface area contributed by atoms with Crippen LogP contribution in [-0.4, -0.2) is 18.2 Å². The molecule has 1 N–H and O–H groups in total. The lowest BCUT2D eigenvalue weighted by Gasteiger charge is -2.06. The number of benzene rings is 1. The van der Waals surface area contributed by atoms with Crippen LogP contribution in [0.2, 0.25) is 0 Å². The highest BCUT2D eigenvalue weighted by molar-refractivity contribution is 9.10. The number of nitrogens with one attached hydrogen (secondary N) is 1. The van der Waals surface area contributed by atoms with Crippen molar-refractivity contribution < 1.29 is 9.59 Å². The highest BCUT2D eigenvalue weighted by Gasteiger charge is 2.09. The molecule has 0 bridgehead atoms. The van der Waals surface area contributed by atoms with Crippen LogP contribution in [0.25, 0.3) is 0 Å². The number of rotatable bonds is 5. The molecule has 0 radical (unpaired) electrons. The lowest BCUT2D eigenvalue weighted by atomic mass is 10.1. The molecule has 1 aromatic carbocycles. The number of Topliss-reactive ketones (excluding diaryl/α,β-unsaturated/α-hetero) is 1. The summed E-state index contributed by atoms with van der Waals surface area (Å²) in [7, 11) is 0. The molecule has 1 rings (SSSR count). The Hall–Kier alpha value is -1.16. The first-order chi connectivity index (χ1) is 7.99. The molecule has 0 heterocycles. The van der Waals surface area contributed by atoms with Crippen molar-refractivity contribution in [3.8, 4) is 0 Å². The normalized spacial score (nSPS) is 10.4. The van der Waals surface area contributed by atoms with E-state index in [0.29, 0.717) is 6.42 Å². The maximum atomic E-state index is 11.5. The fraction of sp³-hybridized carbons (Fsp3) is 0.385. The predicted molar refractivity (Wildman–Crippen MR) is 70.7 cm³/mol. The Balaban J connectivity index is 2.40. The highest BCUT2D eigenvalue weighted by Crippen LogP contribution is 2.10. The van der Waals surface area contributed by atoms with E-state index in [-0.39, 0.29) is 24.2 Å². The Bertz CT molecular complexity index is 398. The minimum Gasteiger partial charge on any atom is -0.349 e. The smallest absolute Gasteiger partial charge is 0.224 e. The molecule has 92 valence electrons. The minimum atomic E-state index is -0.124. The average molecular weight is 298 g/mol. The minimum absolute atomic E-state index is 0.0389. The predicted octanol–water partition coefficient (Wildman–Crippen LogP) is 2.33. The Morgan fingerprint density at radius 1 is 1.24 bits per heavy atom. The van der Waals surface area contributed by atoms with Crippen molar-refractivity contribution in [2.75, 3.05) is 6.54 Å². The molecule has 0 spiro atoms. The Labute approximate surface area is 110 Å². The number of carbonyl (C=O) groups excluding carboxylic acids is 2. The van der Waals surface area contributed by atoms with Gasteiger partial charge in [0.15, 0.2) is 5.78 Å². The Morgan fingerprint density at radius 3 is 2.35 bits per heavy atom. The zero-order chi connectivity index (χ0) is 12.8. The molecule has 0 aliphatic rings. The molecule has 0 fully saturated rings. The van der Waals surface area contributed by atoms with E-state index in [1.54, 1.807) is 0 Å². The van der Waals surface area contributed by atoms with Crippen molar-refractivity contribution in [2.24, 2.45) is 5.92 Å². The van der Waals surface area contributed by atoms with Gasteiger partial charge in [-0.15, -0.1) is 0 Å². The van der Waals surface area contributed by atoms with Crippen molar-refractivity contribution in [1.82, 2.24) is 5.32 Å². The first-order valence-electron chi connectivity index (χ1n) is 5.53. The van der Waals surface area contributed by atoms with Crippen LogP contribution in [0.1, 0.15) is 19.4 Å². The summed E-state index contributed by atoms with van der Waals surface area (Å²) in [6.45, 7) is 3.76. The van der Waals surface area contributed by atoms with Crippen LogP contribution in [0, 0.1) is 5.92 Å². The lowest BCUT2D eigenvalue weighted by molar-refractivity contribution is -0.126. The first kappa shape index (κ1) is 13.9. The fourth-order valence-corrected chi connectivity index (χ4v) is 1.50. The molecule has 0 aromatic heterocycles. The molecule has 17 heavy (non-hydrogen) atoms. The summed E-state index contributed by atoms with van der Waals surface area (Å²) in [5.74, 6) is -0.113. The van der Waals surface area contributed by atoms with Crippen molar-refractivity contribution in [1.29, 1.82) is 0 Å². The van der Waals surface area contributed by atoms with E-state index >= 15 is 0 Å². The van der Waals surface area contributed by atoms with Gasteiger partial charge in [-0.1, -0.05) is 41.9 Å². The van der Waals surface area contributed by atoms with Crippen molar-refractivity contribution >= 4 is 27.6 Å². The van der Waals surface area contributed by atoms with Crippen LogP contribution in [0.5, 0.6) is 0 Å². The molecule has 0 saturated heterocycles. The molecular formula is C13H16BrNO2. The van der Waals surface area contributed by atoms with Crippen LogP contribution in [0.3, 0.4) is 0 Å². The summed E-state index contributed by atoms with van der Waals surface area (Å²) in [5.41, 5.74) is 0.933. The zero-order valence-electron chi connectivity index (χ0n) is 10.00. The van der Waals surface area contributed by atoms with Crippen LogP contribution in [-0.2, 0) is 16.0 Å². The van der Waals surface area contributed by atoms with Gasteiger partial charge < -0.3 is 5.32 Å². The molecule has 1 amide bonds. The van der Waals surface area contributed by atoms with Gasteiger partial charge in [0.25, 0.3) is 0 Å². The quantitative estimate of drug-likeness (QED) is 0.907. The lowest BCUT2D eigenvalue weighted by Crippen LogP contribution is -2.32. The fourth-order valence-electron chi connectivity index (χ4n) is 1.24. The molecule has 1 aromatic rings. The number of ketones is 1. The van der Waals surface area contributed by atoms with Crippen LogP contribution in [0.15, 0.2) is 28.7 Å². The van der Waals surface area contributed by atoms with Crippen LogP contribution >= 0.6 is 15.9 Å². The summed E-state index contributed by atoms with van der Waals surface area (Å²) in [6.07, 6.45) is 0.304. The van der Waals surface area contributed by atoms with E-state index in [9.17, 15) is 9.59 Å². The van der Waals surface area contributed by atoms with Crippen LogP contribution in [0.4, 0.5) is 0 Å². The van der Waals surface area contributed by atoms with Crippen LogP contribution < -0.4 is 5.32 Å². The van der Waals surface area contributed by atoms with E-state index in [1.807, 2.05) is 38.1 Å². The monoisotopic (exact) mass is 297 g/mol. The number of amides is 1. The van der Waals surface area contributed by atoms with E-state index in [0.717, 1.165) is 10.0 Å². The summed E-state index contributed by atoms with van der Waals surface area (Å²) in [4.78, 5) is 22.9. The number of carbonyl (C=O) groups is 2. The van der Waals surface area contributed by atoms with E-state index in [1.165, 1.54) is 0 Å². The third kappa shape index (κ3) is 5.13. The third-order valence-corrected chi connectivity index (χ3v) is 2.91. The summed E-state index contributed by atoms with van der Waals surface area (Å²) >= 11 is 3.33. The maximum absolute atomic E-state index is 11.5. The van der Waals surface area contributed by atoms with Gasteiger partial charge in [-0.05, 0) is 17.7 Å². The molecule has 0 aliphatic heterocycles. The van der Waals surface area contributed by atoms with Gasteiger partial charge in [-0.25, -0.2) is 0 Å². The van der Waals surface area contributed by atoms with E-state index in [2.05, 4.69) is 21.2 Å². The van der Waals surface area contributed by atoms with Gasteiger partial charge in [0.05, 0.1) is 13.0 Å². The summed E-state index contributed by atoms with van der Waals surface area (Å²) in [5, 5.41) is 2.63. The largest absolute Gasteiger partial charge is 0.349 e. The second-order valence-corrected chi connectivity index (χ2v) is 5.12. The van der Waals surface area contributed by atoms with Gasteiger partial charge in [0.1, 0.15) is 0 Å². The molecule has 0 unspecified atom stereocenters. The summed E-state index contributed by atoms with van der Waals surface area (Å²) < 4.78 is 0.983. The van der Waals surface area contributed by atoms with Gasteiger partial charge in [0, 0.05) is 10.4 Å². The average Bonchev–Trinajstić information content (AvgIpc) is 2.29. The van der Waals surface area contributed by atoms with Gasteiger partial charge in [0.2, 0.25) is 5.91 Å². The summed E-state index contributed by atoms with van der Waals surface area (Å²) in [6, 6.07) is 7.55. The standard InChI is InChI=1S/C13H16BrNO2/c1-9(2)12(16)8-15-13(17)7-10-3-5-11(14)6-4-10/h3-6,9H,7-8H2,1-2H3,(H,15,17). The molecule has 4 heteroatoms.